The van der Waals surface area contributed by atoms with Crippen LogP contribution in [-0.2, 0) is 37.7 Å². The van der Waals surface area contributed by atoms with Crippen LogP contribution in [0, 0.1) is 5.92 Å². The van der Waals surface area contributed by atoms with Gasteiger partial charge in [-0.2, -0.15) is 0 Å². The third-order valence-corrected chi connectivity index (χ3v) is 16.5. The van der Waals surface area contributed by atoms with E-state index in [1.807, 2.05) is 72.8 Å². The van der Waals surface area contributed by atoms with E-state index in [0.29, 0.717) is 41.3 Å². The number of methoxy groups -OCH3 is 1. The van der Waals surface area contributed by atoms with Crippen molar-refractivity contribution >= 4 is 48.0 Å². The van der Waals surface area contributed by atoms with E-state index in [0.717, 1.165) is 22.1 Å². The van der Waals surface area contributed by atoms with Crippen molar-refractivity contribution in [1.82, 2.24) is 4.90 Å². The Kier molecular flexibility index (Phi) is 8.71. The number of ether oxygens (including phenoxy) is 3. The molecule has 0 bridgehead atoms. The summed E-state index contributed by atoms with van der Waals surface area (Å²) in [7, 11) is 0.875. The second kappa shape index (κ2) is 13.2. The Morgan fingerprint density at radius 2 is 1.68 bits per heavy atom. The number of hydrogen-bond acceptors (Lipinski definition) is 7. The van der Waals surface area contributed by atoms with Crippen molar-refractivity contribution in [2.24, 2.45) is 5.92 Å². The number of nitrogens with zero attached hydrogens (tertiary/aromatic N) is 3. The third kappa shape index (κ3) is 5.47. The molecule has 0 saturated carbocycles. The molecule has 10 nitrogen and oxygen atoms in total. The van der Waals surface area contributed by atoms with Crippen LogP contribution in [-0.4, -0.2) is 75.3 Å². The average Bonchev–Trinajstić information content (AvgIpc) is 3.59. The molecule has 0 aromatic heterocycles. The summed E-state index contributed by atoms with van der Waals surface area (Å²) in [6.45, 7) is 6.81. The molecular formula is C42H45N3O7Si. The minimum atomic E-state index is -2.53. The van der Waals surface area contributed by atoms with Crippen LogP contribution in [0.3, 0.4) is 0 Å². The van der Waals surface area contributed by atoms with Gasteiger partial charge in [0.2, 0.25) is 5.91 Å². The Bertz CT molecular complexity index is 2100. The number of rotatable bonds is 7. The van der Waals surface area contributed by atoms with E-state index in [9.17, 15) is 19.5 Å². The molecule has 0 radical (unpaired) electrons. The number of likely N-dealkylation sites (N-methyl/N-ethyl adjacent to an activating group) is 1. The van der Waals surface area contributed by atoms with Crippen molar-refractivity contribution in [2.45, 2.75) is 62.7 Å². The highest BCUT2D eigenvalue weighted by molar-refractivity contribution is 6.91. The molecule has 5 atom stereocenters. The summed E-state index contributed by atoms with van der Waals surface area (Å²) in [5.74, 6) is 0.510. The van der Waals surface area contributed by atoms with Gasteiger partial charge in [-0.25, -0.2) is 0 Å². The van der Waals surface area contributed by atoms with Crippen molar-refractivity contribution < 1.29 is 33.7 Å². The molecule has 4 aromatic rings. The molecular weight excluding hydrogens is 687 g/mol. The van der Waals surface area contributed by atoms with Crippen LogP contribution in [0.15, 0.2) is 91.0 Å². The van der Waals surface area contributed by atoms with Crippen molar-refractivity contribution in [3.8, 4) is 11.5 Å². The molecule has 4 heterocycles. The molecule has 1 saturated heterocycles. The number of para-hydroxylation sites is 2. The summed E-state index contributed by atoms with van der Waals surface area (Å²) in [6, 6.07) is 28.9. The van der Waals surface area contributed by atoms with E-state index in [4.69, 9.17) is 14.2 Å². The molecule has 4 aromatic carbocycles. The zero-order valence-electron chi connectivity index (χ0n) is 30.7. The molecule has 8 rings (SSSR count). The predicted molar refractivity (Wildman–Crippen MR) is 205 cm³/mol. The van der Waals surface area contributed by atoms with Crippen LogP contribution in [0.4, 0.5) is 17.1 Å². The van der Waals surface area contributed by atoms with Gasteiger partial charge in [0.25, 0.3) is 11.8 Å². The van der Waals surface area contributed by atoms with Gasteiger partial charge in [-0.05, 0) is 65.6 Å². The highest BCUT2D eigenvalue weighted by Crippen LogP contribution is 2.60. The van der Waals surface area contributed by atoms with Crippen LogP contribution < -0.4 is 24.5 Å². The third-order valence-electron chi connectivity index (χ3n) is 12.2. The van der Waals surface area contributed by atoms with Crippen LogP contribution >= 0.6 is 0 Å². The first kappa shape index (κ1) is 35.1. The fourth-order valence-corrected chi connectivity index (χ4v) is 13.5. The molecule has 4 aliphatic rings. The fourth-order valence-electron chi connectivity index (χ4n) is 9.46. The number of aliphatic hydroxyl groups excluding tert-OH is 1. The molecule has 1 N–H and O–H groups in total. The maximum Gasteiger partial charge on any atom is 0.269 e. The monoisotopic (exact) mass is 731 g/mol. The summed E-state index contributed by atoms with van der Waals surface area (Å²) in [5, 5.41) is 11.6. The molecule has 11 heteroatoms. The van der Waals surface area contributed by atoms with Crippen molar-refractivity contribution in [2.75, 3.05) is 37.2 Å². The molecule has 0 unspecified atom stereocenters. The minimum Gasteiger partial charge on any atom is -0.497 e. The number of fused-ring (bicyclic) bond motifs is 4. The average molecular weight is 732 g/mol. The molecule has 1 fully saturated rings. The fraction of sp³-hybridized carbons (Fsp3) is 0.357. The van der Waals surface area contributed by atoms with E-state index < -0.39 is 19.8 Å². The van der Waals surface area contributed by atoms with E-state index in [1.54, 1.807) is 28.9 Å². The molecule has 4 aliphatic heterocycles. The minimum absolute atomic E-state index is 0.0589. The first-order chi connectivity index (χ1) is 25.5. The van der Waals surface area contributed by atoms with Crippen LogP contribution in [0.1, 0.15) is 30.0 Å². The van der Waals surface area contributed by atoms with Gasteiger partial charge >= 0.3 is 0 Å². The molecule has 53 heavy (non-hydrogen) atoms. The first-order valence-electron chi connectivity index (χ1n) is 18.3. The molecule has 3 amide bonds. The van der Waals surface area contributed by atoms with Gasteiger partial charge in [0.1, 0.15) is 11.5 Å². The van der Waals surface area contributed by atoms with Gasteiger partial charge in [-0.3, -0.25) is 19.3 Å². The topological polar surface area (TPSA) is 109 Å². The highest BCUT2D eigenvalue weighted by Gasteiger charge is 2.66. The number of carbonyl (C=O) groups is 3. The highest BCUT2D eigenvalue weighted by atomic mass is 28.3. The van der Waals surface area contributed by atoms with Crippen LogP contribution in [0.5, 0.6) is 11.5 Å². The number of hydrogen-bond donors (Lipinski definition) is 1. The zero-order chi connectivity index (χ0) is 37.2. The zero-order valence-corrected chi connectivity index (χ0v) is 31.7. The van der Waals surface area contributed by atoms with Crippen molar-refractivity contribution in [1.29, 1.82) is 0 Å². The SMILES string of the molecule is COc1ccc([Si](C)(C)[C@@H]2[C@@H](CC(=O)N3Cc4ccccc4C[C@H]3CO)O[C@]3(C(=O)N(C)c4ccc(N5C(=O)COc6ccccc65)cc43)[C@H]2C)cc1. The maximum absolute atomic E-state index is 14.8. The lowest BCUT2D eigenvalue weighted by Crippen LogP contribution is -2.52. The smallest absolute Gasteiger partial charge is 0.269 e. The van der Waals surface area contributed by atoms with Gasteiger partial charge < -0.3 is 29.1 Å². The molecule has 274 valence electrons. The Morgan fingerprint density at radius 3 is 2.42 bits per heavy atom. The van der Waals surface area contributed by atoms with Gasteiger partial charge in [0.05, 0.1) is 51.7 Å². The summed E-state index contributed by atoms with van der Waals surface area (Å²) in [6.07, 6.45) is 0.0295. The normalized spacial score (nSPS) is 24.9. The van der Waals surface area contributed by atoms with Crippen LogP contribution in [0.2, 0.25) is 18.6 Å². The van der Waals surface area contributed by atoms with E-state index in [2.05, 4.69) is 38.2 Å². The summed E-state index contributed by atoms with van der Waals surface area (Å²) >= 11 is 0. The Balaban J connectivity index is 1.22. The number of benzene rings is 4. The van der Waals surface area contributed by atoms with Gasteiger partial charge in [-0.1, -0.05) is 73.7 Å². The van der Waals surface area contributed by atoms with E-state index in [1.165, 1.54) is 0 Å². The van der Waals surface area contributed by atoms with Crippen molar-refractivity contribution in [3.63, 3.8) is 0 Å². The molecule has 1 spiro atoms. The molecule has 0 aliphatic carbocycles. The van der Waals surface area contributed by atoms with Gasteiger partial charge in [-0.15, -0.1) is 0 Å². The second-order valence-electron chi connectivity index (χ2n) is 15.2. The largest absolute Gasteiger partial charge is 0.497 e. The number of aliphatic hydroxyl groups is 1. The lowest BCUT2D eigenvalue weighted by Gasteiger charge is -2.39. The van der Waals surface area contributed by atoms with Crippen molar-refractivity contribution in [3.05, 3.63) is 108 Å². The summed E-state index contributed by atoms with van der Waals surface area (Å²) in [4.78, 5) is 47.8. The lowest BCUT2D eigenvalue weighted by atomic mass is 9.82. The van der Waals surface area contributed by atoms with Crippen LogP contribution in [0.25, 0.3) is 0 Å². The van der Waals surface area contributed by atoms with Gasteiger partial charge in [0.15, 0.2) is 12.2 Å². The van der Waals surface area contributed by atoms with E-state index >= 15 is 0 Å². The summed E-state index contributed by atoms with van der Waals surface area (Å²) < 4.78 is 18.4. The predicted octanol–water partition coefficient (Wildman–Crippen LogP) is 5.28. The second-order valence-corrected chi connectivity index (χ2v) is 19.9. The number of carbonyl (C=O) groups excluding carboxylic acids is 3. The van der Waals surface area contributed by atoms with E-state index in [-0.39, 0.29) is 54.9 Å². The maximum atomic E-state index is 14.8. The Morgan fingerprint density at radius 1 is 0.962 bits per heavy atom. The number of amides is 3. The Hall–Kier alpha value is -4.97. The lowest BCUT2D eigenvalue weighted by molar-refractivity contribution is -0.150. The van der Waals surface area contributed by atoms with Gasteiger partial charge in [0, 0.05) is 30.8 Å². The Labute approximate surface area is 310 Å². The standard InChI is InChI=1S/C42H45N3O7Si/c1-26-40(53(4,5)32-17-15-31(50-3)16-18-32)37(22-38(47)44-23-28-11-7-6-10-27(28)20-30(44)24-46)52-42(26)33-21-29(14-19-34(33)43(2)41(42)49)45-35-12-8-9-13-36(35)51-25-39(45)48/h6-19,21,26,30,37,40,46H,20,22-25H2,1-5H3/t26-,30-,37+,40-,42+/m0/s1. The summed E-state index contributed by atoms with van der Waals surface area (Å²) in [5.41, 5.74) is 3.29. The quantitative estimate of drug-likeness (QED) is 0.258. The number of anilines is 3. The first-order valence-corrected chi connectivity index (χ1v) is 21.3.